The van der Waals surface area contributed by atoms with E-state index in [9.17, 15) is 9.18 Å². The molecule has 27 heavy (non-hydrogen) atoms. The maximum absolute atomic E-state index is 13.3. The van der Waals surface area contributed by atoms with Gasteiger partial charge in [0.15, 0.2) is 17.3 Å². The molecule has 0 spiro atoms. The molecule has 0 fully saturated rings. The number of aromatic nitrogens is 5. The summed E-state index contributed by atoms with van der Waals surface area (Å²) in [5.74, 6) is -1.15. The van der Waals surface area contributed by atoms with E-state index in [2.05, 4.69) is 25.4 Å². The van der Waals surface area contributed by atoms with Crippen molar-refractivity contribution < 1.29 is 9.18 Å². The highest BCUT2D eigenvalue weighted by molar-refractivity contribution is 6.12. The minimum atomic E-state index is -0.585. The molecule has 0 aromatic carbocycles. The molecule has 4 heterocycles. The van der Waals surface area contributed by atoms with Gasteiger partial charge in [-0.1, -0.05) is 6.07 Å². The fraction of sp³-hybridized carbons (Fsp3) is 0.0556. The smallest absolute Gasteiger partial charge is 0.263 e. The van der Waals surface area contributed by atoms with Gasteiger partial charge in [0, 0.05) is 29.2 Å². The molecule has 0 atom stereocenters. The van der Waals surface area contributed by atoms with Gasteiger partial charge < -0.3 is 11.1 Å². The summed E-state index contributed by atoms with van der Waals surface area (Å²) >= 11 is 0. The number of nitrogens with two attached hydrogens (primary N) is 1. The van der Waals surface area contributed by atoms with Gasteiger partial charge in [-0.2, -0.15) is 0 Å². The van der Waals surface area contributed by atoms with E-state index in [4.69, 9.17) is 5.73 Å². The zero-order valence-corrected chi connectivity index (χ0v) is 14.2. The maximum atomic E-state index is 13.3. The highest BCUT2D eigenvalue weighted by atomic mass is 19.1. The van der Waals surface area contributed by atoms with E-state index in [1.165, 1.54) is 6.20 Å². The van der Waals surface area contributed by atoms with Gasteiger partial charge in [-0.15, -0.1) is 5.10 Å². The lowest BCUT2D eigenvalue weighted by atomic mass is 10.1. The summed E-state index contributed by atoms with van der Waals surface area (Å²) in [6.07, 6.45) is 6.97. The normalized spacial score (nSPS) is 10.9. The second-order valence-electron chi connectivity index (χ2n) is 5.86. The number of aryl methyl sites for hydroxylation is 1. The van der Waals surface area contributed by atoms with Crippen LogP contribution in [0.4, 0.5) is 15.9 Å². The number of halogens is 1. The van der Waals surface area contributed by atoms with E-state index in [1.54, 1.807) is 18.5 Å². The van der Waals surface area contributed by atoms with Crippen molar-refractivity contribution in [2.24, 2.45) is 0 Å². The van der Waals surface area contributed by atoms with Gasteiger partial charge >= 0.3 is 0 Å². The SMILES string of the molecule is Cc1ccc(-c2ccncc2NC(=O)c2c(N)nn3cc(F)cnc23)cn1. The minimum Gasteiger partial charge on any atom is -0.381 e. The summed E-state index contributed by atoms with van der Waals surface area (Å²) in [6, 6.07) is 5.56. The molecule has 4 rings (SSSR count). The van der Waals surface area contributed by atoms with Crippen molar-refractivity contribution in [2.45, 2.75) is 6.92 Å². The lowest BCUT2D eigenvalue weighted by Gasteiger charge is -2.10. The first-order valence-corrected chi connectivity index (χ1v) is 8.00. The van der Waals surface area contributed by atoms with Gasteiger partial charge in [-0.25, -0.2) is 13.9 Å². The lowest BCUT2D eigenvalue weighted by molar-refractivity contribution is 0.102. The summed E-state index contributed by atoms with van der Waals surface area (Å²) in [5, 5.41) is 6.71. The number of hydrogen-bond donors (Lipinski definition) is 2. The van der Waals surface area contributed by atoms with E-state index in [0.717, 1.165) is 33.7 Å². The molecule has 134 valence electrons. The predicted molar refractivity (Wildman–Crippen MR) is 97.5 cm³/mol. The first kappa shape index (κ1) is 16.6. The van der Waals surface area contributed by atoms with Gasteiger partial charge in [-0.05, 0) is 19.1 Å². The molecular formula is C18H14FN7O. The first-order valence-electron chi connectivity index (χ1n) is 8.00. The molecule has 4 aromatic rings. The third-order valence-corrected chi connectivity index (χ3v) is 3.99. The van der Waals surface area contributed by atoms with Gasteiger partial charge in [-0.3, -0.25) is 14.8 Å². The molecule has 9 heteroatoms. The number of fused-ring (bicyclic) bond motifs is 1. The highest BCUT2D eigenvalue weighted by Crippen LogP contribution is 2.28. The van der Waals surface area contributed by atoms with Crippen LogP contribution in [-0.4, -0.2) is 30.5 Å². The van der Waals surface area contributed by atoms with Gasteiger partial charge in [0.2, 0.25) is 0 Å². The fourth-order valence-electron chi connectivity index (χ4n) is 2.70. The molecule has 0 aliphatic rings. The van der Waals surface area contributed by atoms with Crippen LogP contribution in [0.3, 0.4) is 0 Å². The summed E-state index contributed by atoms with van der Waals surface area (Å²) in [7, 11) is 0. The first-order chi connectivity index (χ1) is 13.0. The zero-order chi connectivity index (χ0) is 19.0. The Morgan fingerprint density at radius 1 is 1.19 bits per heavy atom. The number of nitrogens with one attached hydrogen (secondary N) is 1. The second-order valence-corrected chi connectivity index (χ2v) is 5.86. The number of carbonyl (C=O) groups excluding carboxylic acids is 1. The summed E-state index contributed by atoms with van der Waals surface area (Å²) in [4.78, 5) is 25.1. The van der Waals surface area contributed by atoms with Gasteiger partial charge in [0.05, 0.1) is 24.3 Å². The number of hydrogen-bond acceptors (Lipinski definition) is 6. The highest BCUT2D eigenvalue weighted by Gasteiger charge is 2.21. The molecule has 0 saturated carbocycles. The van der Waals surface area contributed by atoms with E-state index < -0.39 is 11.7 Å². The summed E-state index contributed by atoms with van der Waals surface area (Å²) in [6.45, 7) is 1.89. The van der Waals surface area contributed by atoms with Crippen LogP contribution in [0.15, 0.2) is 49.2 Å². The number of anilines is 2. The van der Waals surface area contributed by atoms with Crippen molar-refractivity contribution in [2.75, 3.05) is 11.1 Å². The van der Waals surface area contributed by atoms with Gasteiger partial charge in [0.1, 0.15) is 5.56 Å². The average Bonchev–Trinajstić information content (AvgIpc) is 2.98. The largest absolute Gasteiger partial charge is 0.381 e. The standard InChI is InChI=1S/C18H14FN7O/c1-10-2-3-11(6-22-10)13-4-5-21-8-14(13)24-18(27)15-16(20)25-26-9-12(19)7-23-17(15)26/h2-9H,1H3,(H2,20,25)(H,24,27). The van der Waals surface area contributed by atoms with Crippen LogP contribution in [0, 0.1) is 12.7 Å². The van der Waals surface area contributed by atoms with Crippen molar-refractivity contribution in [1.29, 1.82) is 0 Å². The number of nitrogens with zero attached hydrogens (tertiary/aromatic N) is 5. The number of nitrogen functional groups attached to an aromatic ring is 1. The third-order valence-electron chi connectivity index (χ3n) is 3.99. The molecular weight excluding hydrogens is 349 g/mol. The molecule has 0 unspecified atom stereocenters. The quantitative estimate of drug-likeness (QED) is 0.578. The molecule has 0 aliphatic heterocycles. The Bertz CT molecular complexity index is 1150. The monoisotopic (exact) mass is 363 g/mol. The summed E-state index contributed by atoms with van der Waals surface area (Å²) in [5.41, 5.74) is 9.01. The third kappa shape index (κ3) is 3.06. The number of pyridine rings is 2. The van der Waals surface area contributed by atoms with Crippen molar-refractivity contribution >= 4 is 23.1 Å². The molecule has 0 saturated heterocycles. The number of amides is 1. The zero-order valence-electron chi connectivity index (χ0n) is 14.2. The molecule has 0 radical (unpaired) electrons. The number of carbonyl (C=O) groups is 1. The van der Waals surface area contributed by atoms with Crippen LogP contribution in [0.2, 0.25) is 0 Å². The van der Waals surface area contributed by atoms with Crippen molar-refractivity contribution in [3.8, 4) is 11.1 Å². The van der Waals surface area contributed by atoms with Crippen LogP contribution in [0.25, 0.3) is 16.8 Å². The topological polar surface area (TPSA) is 111 Å². The second kappa shape index (κ2) is 6.45. The predicted octanol–water partition coefficient (Wildman–Crippen LogP) is 2.47. The van der Waals surface area contributed by atoms with Crippen LogP contribution < -0.4 is 11.1 Å². The summed E-state index contributed by atoms with van der Waals surface area (Å²) < 4.78 is 14.4. The molecule has 1 amide bonds. The molecule has 0 aliphatic carbocycles. The molecule has 3 N–H and O–H groups in total. The Kier molecular flexibility index (Phi) is 3.96. The lowest BCUT2D eigenvalue weighted by Crippen LogP contribution is -2.14. The van der Waals surface area contributed by atoms with Crippen LogP contribution >= 0.6 is 0 Å². The average molecular weight is 363 g/mol. The van der Waals surface area contributed by atoms with Crippen LogP contribution in [-0.2, 0) is 0 Å². The molecule has 0 bridgehead atoms. The minimum absolute atomic E-state index is 0.0481. The Morgan fingerprint density at radius 2 is 2.04 bits per heavy atom. The number of rotatable bonds is 3. The fourth-order valence-corrected chi connectivity index (χ4v) is 2.70. The maximum Gasteiger partial charge on any atom is 0.263 e. The van der Waals surface area contributed by atoms with Crippen molar-refractivity contribution in [1.82, 2.24) is 24.6 Å². The van der Waals surface area contributed by atoms with E-state index in [-0.39, 0.29) is 17.0 Å². The Balaban J connectivity index is 1.72. The van der Waals surface area contributed by atoms with Crippen molar-refractivity contribution in [3.05, 3.63) is 66.3 Å². The van der Waals surface area contributed by atoms with Crippen LogP contribution in [0.1, 0.15) is 16.1 Å². The van der Waals surface area contributed by atoms with E-state index >= 15 is 0 Å². The Hall–Kier alpha value is -3.88. The van der Waals surface area contributed by atoms with E-state index in [0.29, 0.717) is 5.69 Å². The van der Waals surface area contributed by atoms with Crippen LogP contribution in [0.5, 0.6) is 0 Å². The molecule has 8 nitrogen and oxygen atoms in total. The van der Waals surface area contributed by atoms with Crippen molar-refractivity contribution in [3.63, 3.8) is 0 Å². The molecule has 4 aromatic heterocycles. The van der Waals surface area contributed by atoms with Gasteiger partial charge in [0.25, 0.3) is 5.91 Å². The Labute approximate surface area is 152 Å². The Morgan fingerprint density at radius 3 is 2.81 bits per heavy atom. The van der Waals surface area contributed by atoms with E-state index in [1.807, 2.05) is 19.1 Å².